The van der Waals surface area contributed by atoms with Crippen molar-refractivity contribution in [3.8, 4) is 10.6 Å². The van der Waals surface area contributed by atoms with Crippen LogP contribution in [0.3, 0.4) is 0 Å². The maximum Gasteiger partial charge on any atom is 0.251 e. The summed E-state index contributed by atoms with van der Waals surface area (Å²) >= 11 is 7.73. The van der Waals surface area contributed by atoms with Crippen LogP contribution in [-0.2, 0) is 11.2 Å². The number of aromatic amines is 1. The molecular weight excluding hydrogens is 480 g/mol. The number of carbonyl (C=O) groups excluding carboxylic acids is 2. The third kappa shape index (κ3) is 5.39. The van der Waals surface area contributed by atoms with Crippen LogP contribution < -0.4 is 10.6 Å². The van der Waals surface area contributed by atoms with Crippen LogP contribution in [0.15, 0.2) is 36.5 Å². The zero-order chi connectivity index (χ0) is 24.2. The van der Waals surface area contributed by atoms with Gasteiger partial charge in [0.05, 0.1) is 35.1 Å². The summed E-state index contributed by atoms with van der Waals surface area (Å²) in [6.45, 7) is 0.905. The molecule has 176 valence electrons. The molecule has 1 amide bonds. The molecule has 0 bridgehead atoms. The third-order valence-corrected chi connectivity index (χ3v) is 6.18. The third-order valence-electron chi connectivity index (χ3n) is 4.89. The van der Waals surface area contributed by atoms with Gasteiger partial charge in [0.25, 0.3) is 5.91 Å². The summed E-state index contributed by atoms with van der Waals surface area (Å²) in [5.41, 5.74) is 3.03. The van der Waals surface area contributed by atoms with E-state index >= 15 is 0 Å². The number of ketones is 1. The summed E-state index contributed by atoms with van der Waals surface area (Å²) in [6.07, 6.45) is 0.729. The number of aromatic nitrogens is 4. The number of aliphatic hydroxyl groups excluding tert-OH is 2. The van der Waals surface area contributed by atoms with Gasteiger partial charge in [-0.3, -0.25) is 14.7 Å². The number of carbonyl (C=O) groups is 2. The lowest BCUT2D eigenvalue weighted by molar-refractivity contribution is -0.116. The molecule has 0 fully saturated rings. The molecule has 34 heavy (non-hydrogen) atoms. The Hall–Kier alpha value is -3.38. The van der Waals surface area contributed by atoms with E-state index in [1.165, 1.54) is 18.3 Å². The number of nitrogens with one attached hydrogen (secondary N) is 3. The van der Waals surface area contributed by atoms with E-state index in [-0.39, 0.29) is 18.7 Å². The molecule has 1 atom stereocenters. The highest BCUT2D eigenvalue weighted by molar-refractivity contribution is 7.18. The SMILES string of the molecule is CC(=O)Cc1cc(C(=O)NCC(O)CO)cc(-c2nnc(Nc3ccc4[nH]ncc4c3Cl)s2)c1. The highest BCUT2D eigenvalue weighted by Crippen LogP contribution is 2.34. The highest BCUT2D eigenvalue weighted by atomic mass is 35.5. The van der Waals surface area contributed by atoms with Crippen LogP contribution in [0.25, 0.3) is 21.5 Å². The average Bonchev–Trinajstić information content (AvgIpc) is 3.48. The van der Waals surface area contributed by atoms with Crippen molar-refractivity contribution in [2.45, 2.75) is 19.4 Å². The molecule has 2 aromatic heterocycles. The van der Waals surface area contributed by atoms with Crippen LogP contribution >= 0.6 is 22.9 Å². The number of amides is 1. The number of Topliss-reactive ketones (excluding diaryl/α,β-unsaturated/α-hetero) is 1. The van der Waals surface area contributed by atoms with Gasteiger partial charge in [-0.1, -0.05) is 22.9 Å². The van der Waals surface area contributed by atoms with Crippen LogP contribution in [0.1, 0.15) is 22.8 Å². The van der Waals surface area contributed by atoms with Crippen LogP contribution in [0.2, 0.25) is 5.02 Å². The molecule has 10 nitrogen and oxygen atoms in total. The summed E-state index contributed by atoms with van der Waals surface area (Å²) in [5, 5.41) is 41.7. The van der Waals surface area contributed by atoms with Gasteiger partial charge in [0, 0.05) is 29.5 Å². The molecule has 5 N–H and O–H groups in total. The van der Waals surface area contributed by atoms with E-state index in [0.717, 1.165) is 10.9 Å². The van der Waals surface area contributed by atoms with E-state index in [2.05, 4.69) is 31.0 Å². The van der Waals surface area contributed by atoms with Gasteiger partial charge in [-0.05, 0) is 42.8 Å². The molecule has 0 aliphatic rings. The smallest absolute Gasteiger partial charge is 0.251 e. The largest absolute Gasteiger partial charge is 0.394 e. The predicted molar refractivity (Wildman–Crippen MR) is 130 cm³/mol. The molecule has 2 aromatic carbocycles. The Bertz CT molecular complexity index is 1350. The first kappa shape index (κ1) is 23.8. The summed E-state index contributed by atoms with van der Waals surface area (Å²) in [7, 11) is 0. The quantitative estimate of drug-likeness (QED) is 0.235. The molecule has 0 radical (unpaired) electrons. The number of halogens is 1. The van der Waals surface area contributed by atoms with Gasteiger partial charge < -0.3 is 20.8 Å². The maximum absolute atomic E-state index is 12.6. The number of benzene rings is 2. The second-order valence-electron chi connectivity index (χ2n) is 7.64. The summed E-state index contributed by atoms with van der Waals surface area (Å²) in [4.78, 5) is 24.3. The van der Waals surface area contributed by atoms with Gasteiger partial charge in [-0.25, -0.2) is 0 Å². The molecular formula is C22H21ClN6O4S. The fourth-order valence-electron chi connectivity index (χ4n) is 3.30. The molecule has 12 heteroatoms. The van der Waals surface area contributed by atoms with Crippen molar-refractivity contribution in [2.24, 2.45) is 0 Å². The Morgan fingerprint density at radius 3 is 2.82 bits per heavy atom. The molecule has 1 unspecified atom stereocenters. The van der Waals surface area contributed by atoms with E-state index in [4.69, 9.17) is 16.7 Å². The minimum atomic E-state index is -1.06. The number of H-pyrrole nitrogens is 1. The number of hydrogen-bond donors (Lipinski definition) is 5. The number of hydrogen-bond acceptors (Lipinski definition) is 9. The van der Waals surface area contributed by atoms with Gasteiger partial charge in [0.1, 0.15) is 10.8 Å². The van der Waals surface area contributed by atoms with Crippen molar-refractivity contribution in [1.82, 2.24) is 25.7 Å². The predicted octanol–water partition coefficient (Wildman–Crippen LogP) is 2.69. The number of aliphatic hydroxyl groups is 2. The average molecular weight is 501 g/mol. The van der Waals surface area contributed by atoms with E-state index in [1.54, 1.807) is 30.5 Å². The summed E-state index contributed by atoms with van der Waals surface area (Å²) in [6, 6.07) is 8.70. The van der Waals surface area contributed by atoms with Gasteiger partial charge in [0.2, 0.25) is 5.13 Å². The summed E-state index contributed by atoms with van der Waals surface area (Å²) < 4.78 is 0. The standard InChI is InChI=1S/C22H21ClN6O4S/c1-11(31)4-12-5-13(20(33)24-8-15(32)10-30)7-14(6-12)21-28-29-22(34-21)26-18-3-2-17-16(19(18)23)9-25-27-17/h2-3,5-7,9,15,30,32H,4,8,10H2,1H3,(H,24,33)(H,25,27)(H,26,29). The highest BCUT2D eigenvalue weighted by Gasteiger charge is 2.16. The number of nitrogens with zero attached hydrogens (tertiary/aromatic N) is 3. The van der Waals surface area contributed by atoms with Crippen molar-refractivity contribution < 1.29 is 19.8 Å². The van der Waals surface area contributed by atoms with Crippen molar-refractivity contribution in [2.75, 3.05) is 18.5 Å². The minimum Gasteiger partial charge on any atom is -0.394 e. The molecule has 0 aliphatic heterocycles. The van der Waals surface area contributed by atoms with E-state index in [9.17, 15) is 14.7 Å². The van der Waals surface area contributed by atoms with E-state index < -0.39 is 18.6 Å². The van der Waals surface area contributed by atoms with Crippen LogP contribution in [0.5, 0.6) is 0 Å². The Kier molecular flexibility index (Phi) is 7.17. The Morgan fingerprint density at radius 2 is 2.06 bits per heavy atom. The fourth-order valence-corrected chi connectivity index (χ4v) is 4.30. The molecule has 0 spiro atoms. The Morgan fingerprint density at radius 1 is 1.24 bits per heavy atom. The Balaban J connectivity index is 1.60. The lowest BCUT2D eigenvalue weighted by atomic mass is 10.0. The van der Waals surface area contributed by atoms with Crippen LogP contribution in [0, 0.1) is 0 Å². The first-order valence-electron chi connectivity index (χ1n) is 10.3. The second kappa shape index (κ2) is 10.3. The summed E-state index contributed by atoms with van der Waals surface area (Å²) in [5.74, 6) is -0.495. The van der Waals surface area contributed by atoms with Gasteiger partial charge in [-0.15, -0.1) is 10.2 Å². The fraction of sp³-hybridized carbons (Fsp3) is 0.227. The van der Waals surface area contributed by atoms with Gasteiger partial charge in [0.15, 0.2) is 0 Å². The lowest BCUT2D eigenvalue weighted by Gasteiger charge is -2.11. The number of fused-ring (bicyclic) bond motifs is 1. The topological polar surface area (TPSA) is 153 Å². The van der Waals surface area contributed by atoms with Crippen LogP contribution in [-0.4, -0.2) is 61.6 Å². The monoisotopic (exact) mass is 500 g/mol. The number of anilines is 2. The normalized spacial score (nSPS) is 12.0. The maximum atomic E-state index is 12.6. The molecule has 0 saturated carbocycles. The van der Waals surface area contributed by atoms with Crippen LogP contribution in [0.4, 0.5) is 10.8 Å². The van der Waals surface area contributed by atoms with Crippen molar-refractivity contribution >= 4 is 56.4 Å². The lowest BCUT2D eigenvalue weighted by Crippen LogP contribution is -2.33. The van der Waals surface area contributed by atoms with Crippen molar-refractivity contribution in [3.05, 3.63) is 52.7 Å². The molecule has 2 heterocycles. The second-order valence-corrected chi connectivity index (χ2v) is 9.00. The van der Waals surface area contributed by atoms with Crippen molar-refractivity contribution in [3.63, 3.8) is 0 Å². The molecule has 4 aromatic rings. The number of rotatable bonds is 9. The Labute approximate surface area is 203 Å². The van der Waals surface area contributed by atoms with E-state index in [1.807, 2.05) is 6.07 Å². The van der Waals surface area contributed by atoms with E-state index in [0.29, 0.717) is 37.5 Å². The minimum absolute atomic E-state index is 0.0527. The molecule has 4 rings (SSSR count). The first-order valence-corrected chi connectivity index (χ1v) is 11.5. The first-order chi connectivity index (χ1) is 16.3. The zero-order valence-electron chi connectivity index (χ0n) is 18.0. The molecule has 0 saturated heterocycles. The van der Waals surface area contributed by atoms with Gasteiger partial charge >= 0.3 is 0 Å². The zero-order valence-corrected chi connectivity index (χ0v) is 19.6. The van der Waals surface area contributed by atoms with Gasteiger partial charge in [-0.2, -0.15) is 5.10 Å². The van der Waals surface area contributed by atoms with Crippen molar-refractivity contribution in [1.29, 1.82) is 0 Å². The molecule has 0 aliphatic carbocycles.